The predicted octanol–water partition coefficient (Wildman–Crippen LogP) is 0.911. The van der Waals surface area contributed by atoms with E-state index in [0.29, 0.717) is 32.5 Å². The van der Waals surface area contributed by atoms with Gasteiger partial charge in [0.25, 0.3) is 11.8 Å². The van der Waals surface area contributed by atoms with Gasteiger partial charge in [-0.2, -0.15) is 0 Å². The molecule has 0 aromatic carbocycles. The minimum Gasteiger partial charge on any atom is -0.459 e. The average molecular weight is 365 g/mol. The Labute approximate surface area is 151 Å². The second-order valence-electron chi connectivity index (χ2n) is 5.96. The van der Waals surface area contributed by atoms with Crippen molar-refractivity contribution in [1.29, 1.82) is 0 Å². The Morgan fingerprint density at radius 2 is 2.00 bits per heavy atom. The van der Waals surface area contributed by atoms with E-state index in [1.165, 1.54) is 6.26 Å². The van der Waals surface area contributed by atoms with E-state index in [0.717, 1.165) is 6.42 Å². The minimum atomic E-state index is -0.683. The van der Waals surface area contributed by atoms with Crippen molar-refractivity contribution in [3.8, 4) is 0 Å². The van der Waals surface area contributed by atoms with Gasteiger partial charge < -0.3 is 19.4 Å². The van der Waals surface area contributed by atoms with Crippen LogP contribution in [-0.2, 0) is 14.3 Å². The number of likely N-dealkylation sites (tertiary alicyclic amines) is 1. The van der Waals surface area contributed by atoms with Crippen LogP contribution in [0.25, 0.3) is 0 Å². The number of hydrogen-bond donors (Lipinski definition) is 2. The van der Waals surface area contributed by atoms with Crippen LogP contribution in [0.4, 0.5) is 4.79 Å². The molecule has 2 heterocycles. The molecule has 9 nitrogen and oxygen atoms in total. The first-order valence-electron chi connectivity index (χ1n) is 8.58. The summed E-state index contributed by atoms with van der Waals surface area (Å²) in [6.07, 6.45) is 3.08. The van der Waals surface area contributed by atoms with Crippen LogP contribution in [-0.4, -0.2) is 55.0 Å². The molecule has 2 N–H and O–H groups in total. The Morgan fingerprint density at radius 1 is 1.27 bits per heavy atom. The molecule has 1 aliphatic heterocycles. The fraction of sp³-hybridized carbons (Fsp3) is 0.529. The van der Waals surface area contributed by atoms with Crippen molar-refractivity contribution in [2.45, 2.75) is 26.2 Å². The summed E-state index contributed by atoms with van der Waals surface area (Å²) >= 11 is 0. The van der Waals surface area contributed by atoms with Crippen LogP contribution in [0.15, 0.2) is 22.8 Å². The number of carbonyl (C=O) groups excluding carboxylic acids is 4. The number of ether oxygens (including phenoxy) is 1. The van der Waals surface area contributed by atoms with Crippen LogP contribution in [0.5, 0.6) is 0 Å². The largest absolute Gasteiger partial charge is 0.459 e. The van der Waals surface area contributed by atoms with Crippen LogP contribution < -0.4 is 10.6 Å². The lowest BCUT2D eigenvalue weighted by Gasteiger charge is -2.30. The highest BCUT2D eigenvalue weighted by molar-refractivity contribution is 5.95. The Hall–Kier alpha value is -2.84. The number of hydrogen-bond acceptors (Lipinski definition) is 6. The summed E-state index contributed by atoms with van der Waals surface area (Å²) in [6, 6.07) is 2.63. The van der Waals surface area contributed by atoms with Crippen molar-refractivity contribution in [3.63, 3.8) is 0 Å². The molecular weight excluding hydrogens is 342 g/mol. The van der Waals surface area contributed by atoms with Crippen LogP contribution in [0.2, 0.25) is 0 Å². The predicted molar refractivity (Wildman–Crippen MR) is 90.1 cm³/mol. The lowest BCUT2D eigenvalue weighted by atomic mass is 9.97. The molecule has 0 radical (unpaired) electrons. The molecule has 142 valence electrons. The second kappa shape index (κ2) is 9.59. The molecule has 0 aliphatic carbocycles. The highest BCUT2D eigenvalue weighted by Crippen LogP contribution is 2.20. The lowest BCUT2D eigenvalue weighted by Crippen LogP contribution is -2.43. The highest BCUT2D eigenvalue weighted by Gasteiger charge is 2.30. The third-order valence-corrected chi connectivity index (χ3v) is 3.98. The van der Waals surface area contributed by atoms with Gasteiger partial charge in [0.15, 0.2) is 12.4 Å². The molecule has 9 heteroatoms. The maximum Gasteiger partial charge on any atom is 0.321 e. The summed E-state index contributed by atoms with van der Waals surface area (Å²) in [5.41, 5.74) is 0. The molecule has 0 saturated carbocycles. The van der Waals surface area contributed by atoms with Crippen LogP contribution in [0.1, 0.15) is 36.7 Å². The van der Waals surface area contributed by atoms with Gasteiger partial charge in [-0.3, -0.25) is 19.7 Å². The fourth-order valence-electron chi connectivity index (χ4n) is 2.57. The van der Waals surface area contributed by atoms with Crippen molar-refractivity contribution in [2.75, 3.05) is 26.2 Å². The molecule has 1 saturated heterocycles. The van der Waals surface area contributed by atoms with Gasteiger partial charge in [0, 0.05) is 19.6 Å². The number of nitrogens with zero attached hydrogens (tertiary/aromatic N) is 1. The van der Waals surface area contributed by atoms with Gasteiger partial charge in [-0.15, -0.1) is 0 Å². The van der Waals surface area contributed by atoms with Gasteiger partial charge in [-0.05, 0) is 31.4 Å². The van der Waals surface area contributed by atoms with Crippen molar-refractivity contribution in [2.24, 2.45) is 5.92 Å². The molecular formula is C17H23N3O6. The van der Waals surface area contributed by atoms with E-state index in [1.54, 1.807) is 17.0 Å². The Balaban J connectivity index is 1.69. The van der Waals surface area contributed by atoms with Crippen LogP contribution in [0.3, 0.4) is 0 Å². The number of nitrogens with one attached hydrogen (secondary N) is 2. The zero-order chi connectivity index (χ0) is 18.9. The molecule has 0 spiro atoms. The van der Waals surface area contributed by atoms with E-state index in [2.05, 4.69) is 10.6 Å². The summed E-state index contributed by atoms with van der Waals surface area (Å²) in [5.74, 6) is -1.50. The molecule has 26 heavy (non-hydrogen) atoms. The van der Waals surface area contributed by atoms with Gasteiger partial charge in [-0.25, -0.2) is 4.79 Å². The molecule has 4 amide bonds. The van der Waals surface area contributed by atoms with Gasteiger partial charge in [-0.1, -0.05) is 6.92 Å². The van der Waals surface area contributed by atoms with Crippen molar-refractivity contribution in [3.05, 3.63) is 24.2 Å². The Bertz CT molecular complexity index is 635. The third-order valence-electron chi connectivity index (χ3n) is 3.98. The summed E-state index contributed by atoms with van der Waals surface area (Å²) in [6.45, 7) is 2.64. The Kier molecular flexibility index (Phi) is 7.19. The molecule has 1 aromatic heterocycles. The van der Waals surface area contributed by atoms with Crippen molar-refractivity contribution in [1.82, 2.24) is 15.5 Å². The topological polar surface area (TPSA) is 118 Å². The average Bonchev–Trinajstić information content (AvgIpc) is 3.18. The smallest absolute Gasteiger partial charge is 0.321 e. The van der Waals surface area contributed by atoms with E-state index in [9.17, 15) is 19.2 Å². The van der Waals surface area contributed by atoms with E-state index < -0.39 is 24.5 Å². The van der Waals surface area contributed by atoms with E-state index >= 15 is 0 Å². The first-order chi connectivity index (χ1) is 12.5. The standard InChI is InChI=1S/C17H23N3O6/c1-2-7-18-17(24)19-14(21)11-26-16(23)12-5-8-20(9-6-12)15(22)13-4-3-10-25-13/h3-4,10,12H,2,5-9,11H2,1H3,(H2,18,19,21,24). The molecule has 1 fully saturated rings. The summed E-state index contributed by atoms with van der Waals surface area (Å²) in [4.78, 5) is 48.7. The zero-order valence-corrected chi connectivity index (χ0v) is 14.7. The highest BCUT2D eigenvalue weighted by atomic mass is 16.5. The van der Waals surface area contributed by atoms with E-state index in [-0.39, 0.29) is 17.6 Å². The van der Waals surface area contributed by atoms with Gasteiger partial charge in [0.2, 0.25) is 0 Å². The number of piperidine rings is 1. The SMILES string of the molecule is CCCNC(=O)NC(=O)COC(=O)C1CCN(C(=O)c2ccco2)CC1. The van der Waals surface area contributed by atoms with Gasteiger partial charge in [0.05, 0.1) is 12.2 Å². The number of amides is 4. The molecule has 2 rings (SSSR count). The first kappa shape index (κ1) is 19.5. The summed E-state index contributed by atoms with van der Waals surface area (Å²) < 4.78 is 10.0. The molecule has 1 aliphatic rings. The van der Waals surface area contributed by atoms with Gasteiger partial charge >= 0.3 is 12.0 Å². The van der Waals surface area contributed by atoms with E-state index in [4.69, 9.17) is 9.15 Å². The normalized spacial score (nSPS) is 14.6. The number of urea groups is 1. The summed E-state index contributed by atoms with van der Waals surface area (Å²) in [5, 5.41) is 4.57. The monoisotopic (exact) mass is 365 g/mol. The zero-order valence-electron chi connectivity index (χ0n) is 14.7. The number of rotatable bonds is 6. The second-order valence-corrected chi connectivity index (χ2v) is 5.96. The molecule has 0 atom stereocenters. The summed E-state index contributed by atoms with van der Waals surface area (Å²) in [7, 11) is 0. The number of furan rings is 1. The fourth-order valence-corrected chi connectivity index (χ4v) is 2.57. The molecule has 0 unspecified atom stereocenters. The third kappa shape index (κ3) is 5.61. The maximum absolute atomic E-state index is 12.2. The first-order valence-corrected chi connectivity index (χ1v) is 8.58. The molecule has 1 aromatic rings. The number of esters is 1. The van der Waals surface area contributed by atoms with Crippen LogP contribution in [0, 0.1) is 5.92 Å². The van der Waals surface area contributed by atoms with E-state index in [1.807, 2.05) is 6.92 Å². The number of carbonyl (C=O) groups is 4. The maximum atomic E-state index is 12.2. The van der Waals surface area contributed by atoms with Crippen molar-refractivity contribution < 1.29 is 28.3 Å². The van der Waals surface area contributed by atoms with Crippen LogP contribution >= 0.6 is 0 Å². The molecule has 0 bridgehead atoms. The quantitative estimate of drug-likeness (QED) is 0.724. The number of imide groups is 1. The minimum absolute atomic E-state index is 0.209. The van der Waals surface area contributed by atoms with Crippen molar-refractivity contribution >= 4 is 23.8 Å². The van der Waals surface area contributed by atoms with Gasteiger partial charge in [0.1, 0.15) is 0 Å². The lowest BCUT2D eigenvalue weighted by molar-refractivity contribution is -0.153. The Morgan fingerprint density at radius 3 is 2.62 bits per heavy atom.